The van der Waals surface area contributed by atoms with Crippen LogP contribution < -0.4 is 14.8 Å². The summed E-state index contributed by atoms with van der Waals surface area (Å²) in [6.07, 6.45) is 1.50. The molecule has 0 unspecified atom stereocenters. The summed E-state index contributed by atoms with van der Waals surface area (Å²) >= 11 is 0. The van der Waals surface area contributed by atoms with Crippen LogP contribution >= 0.6 is 0 Å². The number of anilines is 2. The largest absolute Gasteiger partial charge is 0.497 e. The molecule has 1 aromatic heterocycles. The Morgan fingerprint density at radius 2 is 1.96 bits per heavy atom. The minimum absolute atomic E-state index is 0.213. The van der Waals surface area contributed by atoms with Gasteiger partial charge in [0.15, 0.2) is 0 Å². The SMILES string of the molecule is COc1ccc(S(=O)(=O)Nc2ccc(NCC(C)C)nc2)c(C)c1. The zero-order valence-corrected chi connectivity index (χ0v) is 15.1. The predicted octanol–water partition coefficient (Wildman–Crippen LogP) is 3.27. The molecule has 24 heavy (non-hydrogen) atoms. The van der Waals surface area contributed by atoms with E-state index in [4.69, 9.17) is 4.74 Å². The van der Waals surface area contributed by atoms with Gasteiger partial charge in [0.1, 0.15) is 11.6 Å². The summed E-state index contributed by atoms with van der Waals surface area (Å²) in [5, 5.41) is 3.19. The fraction of sp³-hybridized carbons (Fsp3) is 0.353. The first-order valence-corrected chi connectivity index (χ1v) is 9.17. The van der Waals surface area contributed by atoms with Crippen LogP contribution in [0.1, 0.15) is 19.4 Å². The van der Waals surface area contributed by atoms with E-state index in [0.717, 1.165) is 6.54 Å². The van der Waals surface area contributed by atoms with Crippen molar-refractivity contribution in [2.45, 2.75) is 25.7 Å². The van der Waals surface area contributed by atoms with Gasteiger partial charge in [-0.25, -0.2) is 13.4 Å². The molecule has 0 aliphatic carbocycles. The number of sulfonamides is 1. The molecule has 0 spiro atoms. The first-order valence-electron chi connectivity index (χ1n) is 7.69. The van der Waals surface area contributed by atoms with Crippen molar-refractivity contribution in [2.75, 3.05) is 23.7 Å². The zero-order chi connectivity index (χ0) is 17.7. The molecule has 0 saturated carbocycles. The van der Waals surface area contributed by atoms with Gasteiger partial charge in [-0.15, -0.1) is 0 Å². The molecular weight excluding hydrogens is 326 g/mol. The summed E-state index contributed by atoms with van der Waals surface area (Å²) in [6.45, 7) is 6.75. The Bertz CT molecular complexity index is 787. The molecule has 0 radical (unpaired) electrons. The number of rotatable bonds is 7. The van der Waals surface area contributed by atoms with Gasteiger partial charge >= 0.3 is 0 Å². The van der Waals surface area contributed by atoms with Crippen LogP contribution in [0.15, 0.2) is 41.4 Å². The highest BCUT2D eigenvalue weighted by Gasteiger charge is 2.17. The van der Waals surface area contributed by atoms with Gasteiger partial charge in [-0.05, 0) is 48.7 Å². The maximum Gasteiger partial charge on any atom is 0.262 e. The fourth-order valence-electron chi connectivity index (χ4n) is 2.13. The van der Waals surface area contributed by atoms with Crippen molar-refractivity contribution in [1.29, 1.82) is 0 Å². The molecule has 0 fully saturated rings. The average molecular weight is 349 g/mol. The number of nitrogens with one attached hydrogen (secondary N) is 2. The molecule has 2 aromatic rings. The van der Waals surface area contributed by atoms with Crippen molar-refractivity contribution >= 4 is 21.5 Å². The molecule has 2 N–H and O–H groups in total. The van der Waals surface area contributed by atoms with E-state index in [9.17, 15) is 8.42 Å². The van der Waals surface area contributed by atoms with Gasteiger partial charge in [-0.3, -0.25) is 4.72 Å². The first-order chi connectivity index (χ1) is 11.3. The number of hydrogen-bond donors (Lipinski definition) is 2. The van der Waals surface area contributed by atoms with Crippen LogP contribution in [0.5, 0.6) is 5.75 Å². The molecule has 0 saturated heterocycles. The number of nitrogens with zero attached hydrogens (tertiary/aromatic N) is 1. The third kappa shape index (κ3) is 4.61. The number of hydrogen-bond acceptors (Lipinski definition) is 5. The summed E-state index contributed by atoms with van der Waals surface area (Å²) in [7, 11) is -2.13. The summed E-state index contributed by atoms with van der Waals surface area (Å²) in [5.74, 6) is 1.84. The Kier molecular flexibility index (Phi) is 5.66. The normalized spacial score (nSPS) is 11.4. The predicted molar refractivity (Wildman–Crippen MR) is 96.1 cm³/mol. The molecule has 7 heteroatoms. The van der Waals surface area contributed by atoms with Crippen LogP contribution in [0.2, 0.25) is 0 Å². The van der Waals surface area contributed by atoms with E-state index in [1.54, 1.807) is 38.3 Å². The zero-order valence-electron chi connectivity index (χ0n) is 14.3. The molecule has 0 amide bonds. The van der Waals surface area contributed by atoms with Gasteiger partial charge in [-0.1, -0.05) is 13.8 Å². The van der Waals surface area contributed by atoms with Gasteiger partial charge in [0.25, 0.3) is 10.0 Å². The Morgan fingerprint density at radius 3 is 2.50 bits per heavy atom. The number of methoxy groups -OCH3 is 1. The summed E-state index contributed by atoms with van der Waals surface area (Å²) < 4.78 is 32.7. The van der Waals surface area contributed by atoms with Crippen LogP contribution in [0.4, 0.5) is 11.5 Å². The van der Waals surface area contributed by atoms with E-state index in [1.807, 2.05) is 0 Å². The standard InChI is InChI=1S/C17H23N3O3S/c1-12(2)10-18-17-8-5-14(11-19-17)20-24(21,22)16-7-6-15(23-4)9-13(16)3/h5-9,11-12,20H,10H2,1-4H3,(H,18,19). The monoisotopic (exact) mass is 349 g/mol. The van der Waals surface area contributed by atoms with E-state index in [0.29, 0.717) is 28.7 Å². The topological polar surface area (TPSA) is 80.3 Å². The van der Waals surface area contributed by atoms with Crippen LogP contribution in [0.25, 0.3) is 0 Å². The van der Waals surface area contributed by atoms with E-state index in [1.165, 1.54) is 12.3 Å². The second-order valence-electron chi connectivity index (χ2n) is 5.94. The number of benzene rings is 1. The van der Waals surface area contributed by atoms with Crippen molar-refractivity contribution in [3.8, 4) is 5.75 Å². The van der Waals surface area contributed by atoms with Crippen molar-refractivity contribution in [3.63, 3.8) is 0 Å². The molecule has 0 bridgehead atoms. The summed E-state index contributed by atoms with van der Waals surface area (Å²) in [4.78, 5) is 4.43. The Labute approximate surface area is 143 Å². The van der Waals surface area contributed by atoms with Crippen LogP contribution in [0, 0.1) is 12.8 Å². The molecule has 0 aliphatic heterocycles. The highest BCUT2D eigenvalue weighted by molar-refractivity contribution is 7.92. The molecule has 6 nitrogen and oxygen atoms in total. The molecule has 2 rings (SSSR count). The molecule has 1 aromatic carbocycles. The third-order valence-corrected chi connectivity index (χ3v) is 4.92. The van der Waals surface area contributed by atoms with Gasteiger partial charge in [-0.2, -0.15) is 0 Å². The van der Waals surface area contributed by atoms with Gasteiger partial charge in [0.2, 0.25) is 0 Å². The number of aromatic nitrogens is 1. The highest BCUT2D eigenvalue weighted by Crippen LogP contribution is 2.23. The quantitative estimate of drug-likeness (QED) is 0.802. The molecule has 130 valence electrons. The highest BCUT2D eigenvalue weighted by atomic mass is 32.2. The van der Waals surface area contributed by atoms with Crippen LogP contribution in [-0.4, -0.2) is 27.1 Å². The Balaban J connectivity index is 2.14. The van der Waals surface area contributed by atoms with Gasteiger partial charge in [0.05, 0.1) is 23.9 Å². The number of ether oxygens (including phenoxy) is 1. The summed E-state index contributed by atoms with van der Waals surface area (Å²) in [5.41, 5.74) is 1.03. The van der Waals surface area contributed by atoms with Crippen molar-refractivity contribution in [2.24, 2.45) is 5.92 Å². The maximum atomic E-state index is 12.5. The average Bonchev–Trinajstić information content (AvgIpc) is 2.53. The van der Waals surface area contributed by atoms with Crippen molar-refractivity contribution in [1.82, 2.24) is 4.98 Å². The first kappa shape index (κ1) is 18.1. The lowest BCUT2D eigenvalue weighted by molar-refractivity contribution is 0.414. The minimum Gasteiger partial charge on any atom is -0.497 e. The minimum atomic E-state index is -3.67. The van der Waals surface area contributed by atoms with E-state index in [-0.39, 0.29) is 4.90 Å². The van der Waals surface area contributed by atoms with Gasteiger partial charge < -0.3 is 10.1 Å². The third-order valence-electron chi connectivity index (χ3n) is 3.38. The molecule has 1 heterocycles. The van der Waals surface area contributed by atoms with Crippen molar-refractivity contribution < 1.29 is 13.2 Å². The molecular formula is C17H23N3O3S. The van der Waals surface area contributed by atoms with E-state index in [2.05, 4.69) is 28.9 Å². The number of aryl methyl sites for hydroxylation is 1. The Morgan fingerprint density at radius 1 is 1.21 bits per heavy atom. The van der Waals surface area contributed by atoms with Crippen molar-refractivity contribution in [3.05, 3.63) is 42.1 Å². The van der Waals surface area contributed by atoms with E-state index >= 15 is 0 Å². The lowest BCUT2D eigenvalue weighted by Gasteiger charge is -2.12. The second-order valence-corrected chi connectivity index (χ2v) is 7.59. The lowest BCUT2D eigenvalue weighted by Crippen LogP contribution is -2.15. The Hall–Kier alpha value is -2.28. The van der Waals surface area contributed by atoms with Gasteiger partial charge in [0, 0.05) is 6.54 Å². The van der Waals surface area contributed by atoms with Crippen LogP contribution in [-0.2, 0) is 10.0 Å². The summed E-state index contributed by atoms with van der Waals surface area (Å²) in [6, 6.07) is 8.28. The van der Waals surface area contributed by atoms with Crippen LogP contribution in [0.3, 0.4) is 0 Å². The number of pyridine rings is 1. The molecule has 0 aliphatic rings. The smallest absolute Gasteiger partial charge is 0.262 e. The molecule has 0 atom stereocenters. The van der Waals surface area contributed by atoms with E-state index < -0.39 is 10.0 Å². The lowest BCUT2D eigenvalue weighted by atomic mass is 10.2. The fourth-order valence-corrected chi connectivity index (χ4v) is 3.40. The second kappa shape index (κ2) is 7.53. The maximum absolute atomic E-state index is 12.5.